The molecule has 0 fully saturated rings. The van der Waals surface area contributed by atoms with Gasteiger partial charge in [-0.25, -0.2) is 0 Å². The topological polar surface area (TPSA) is 9.23 Å². The van der Waals surface area contributed by atoms with Crippen LogP contribution in [0.2, 0.25) is 0 Å². The molecule has 0 N–H and O–H groups in total. The average molecular weight is 525 g/mol. The van der Waals surface area contributed by atoms with Gasteiger partial charge in [0.05, 0.1) is 6.61 Å². The van der Waals surface area contributed by atoms with E-state index in [2.05, 4.69) is 110 Å². The highest BCUT2D eigenvalue weighted by atomic mass is 16.5. The molecule has 0 amide bonds. The number of hydrogen-bond donors (Lipinski definition) is 0. The van der Waals surface area contributed by atoms with Crippen molar-refractivity contribution in [3.63, 3.8) is 0 Å². The number of unbranched alkanes of at least 4 members (excludes halogenated alkanes) is 7. The first-order valence-electron chi connectivity index (χ1n) is 14.7. The summed E-state index contributed by atoms with van der Waals surface area (Å²) >= 11 is 0. The van der Waals surface area contributed by atoms with E-state index in [-0.39, 0.29) is 0 Å². The lowest BCUT2D eigenvalue weighted by molar-refractivity contribution is 0.304. The van der Waals surface area contributed by atoms with Crippen LogP contribution in [-0.2, 0) is 0 Å². The van der Waals surface area contributed by atoms with Crippen LogP contribution in [0.4, 0.5) is 0 Å². The highest BCUT2D eigenvalue weighted by Crippen LogP contribution is 2.20. The average Bonchev–Trinajstić information content (AvgIpc) is 3.00. The number of aryl methyl sites for hydroxylation is 1. The number of rotatable bonds is 11. The van der Waals surface area contributed by atoms with Gasteiger partial charge in [-0.15, -0.1) is 0 Å². The van der Waals surface area contributed by atoms with Crippen molar-refractivity contribution in [2.75, 3.05) is 6.61 Å². The molecule has 1 nitrogen and oxygen atoms in total. The summed E-state index contributed by atoms with van der Waals surface area (Å²) in [4.78, 5) is 0. The molecule has 202 valence electrons. The highest BCUT2D eigenvalue weighted by Gasteiger charge is 1.99. The van der Waals surface area contributed by atoms with Crippen LogP contribution in [0.3, 0.4) is 0 Å². The third kappa shape index (κ3) is 9.84. The maximum absolute atomic E-state index is 5.91. The van der Waals surface area contributed by atoms with Gasteiger partial charge in [0, 0.05) is 22.3 Å². The molecule has 0 saturated heterocycles. The Morgan fingerprint density at radius 1 is 0.450 bits per heavy atom. The second-order valence-corrected chi connectivity index (χ2v) is 10.4. The lowest BCUT2D eigenvalue weighted by Crippen LogP contribution is -1.97. The maximum Gasteiger partial charge on any atom is 0.119 e. The Bertz CT molecular complexity index is 1420. The van der Waals surface area contributed by atoms with Gasteiger partial charge in [-0.1, -0.05) is 118 Å². The Kier molecular flexibility index (Phi) is 11.5. The van der Waals surface area contributed by atoms with Gasteiger partial charge in [0.2, 0.25) is 0 Å². The molecule has 0 bridgehead atoms. The minimum absolute atomic E-state index is 0.788. The zero-order valence-corrected chi connectivity index (χ0v) is 24.0. The van der Waals surface area contributed by atoms with E-state index in [1.807, 2.05) is 24.3 Å². The molecular weight excluding hydrogens is 484 g/mol. The zero-order valence-electron chi connectivity index (χ0n) is 24.0. The first-order chi connectivity index (χ1) is 19.7. The van der Waals surface area contributed by atoms with Crippen LogP contribution < -0.4 is 4.74 Å². The van der Waals surface area contributed by atoms with Crippen LogP contribution in [0.5, 0.6) is 5.75 Å². The molecule has 0 aromatic heterocycles. The molecule has 0 radical (unpaired) electrons. The van der Waals surface area contributed by atoms with Crippen molar-refractivity contribution in [2.45, 2.75) is 65.2 Å². The summed E-state index contributed by atoms with van der Waals surface area (Å²) in [5.74, 6) is 14.0. The van der Waals surface area contributed by atoms with Gasteiger partial charge in [-0.2, -0.15) is 0 Å². The molecular formula is C39H40O. The van der Waals surface area contributed by atoms with Crippen molar-refractivity contribution < 1.29 is 4.74 Å². The summed E-state index contributed by atoms with van der Waals surface area (Å²) in [5.41, 5.74) is 7.62. The third-order valence-corrected chi connectivity index (χ3v) is 6.98. The summed E-state index contributed by atoms with van der Waals surface area (Å²) < 4.78 is 5.91. The molecule has 0 atom stereocenters. The van der Waals surface area contributed by atoms with Crippen molar-refractivity contribution in [3.05, 3.63) is 125 Å². The maximum atomic E-state index is 5.91. The Hall–Kier alpha value is -4.20. The normalized spacial score (nSPS) is 10.2. The van der Waals surface area contributed by atoms with Crippen LogP contribution in [0.1, 0.15) is 86.1 Å². The van der Waals surface area contributed by atoms with E-state index in [1.165, 1.54) is 61.6 Å². The molecule has 0 heterocycles. The minimum Gasteiger partial charge on any atom is -0.494 e. The monoisotopic (exact) mass is 524 g/mol. The fourth-order valence-electron chi connectivity index (χ4n) is 4.48. The second-order valence-electron chi connectivity index (χ2n) is 10.4. The fourth-order valence-corrected chi connectivity index (χ4v) is 4.48. The molecule has 0 aliphatic rings. The van der Waals surface area contributed by atoms with Crippen molar-refractivity contribution in [3.8, 4) is 40.6 Å². The van der Waals surface area contributed by atoms with Crippen LogP contribution in [0, 0.1) is 30.6 Å². The van der Waals surface area contributed by atoms with Crippen molar-refractivity contribution in [1.82, 2.24) is 0 Å². The van der Waals surface area contributed by atoms with Crippen molar-refractivity contribution >= 4 is 0 Å². The van der Waals surface area contributed by atoms with E-state index in [0.29, 0.717) is 0 Å². The summed E-state index contributed by atoms with van der Waals surface area (Å²) in [7, 11) is 0. The van der Waals surface area contributed by atoms with Gasteiger partial charge in [-0.05, 0) is 85.1 Å². The molecule has 0 aliphatic carbocycles. The smallest absolute Gasteiger partial charge is 0.119 e. The van der Waals surface area contributed by atoms with E-state index < -0.39 is 0 Å². The number of ether oxygens (including phenoxy) is 1. The fraction of sp³-hybridized carbons (Fsp3) is 0.282. The minimum atomic E-state index is 0.788. The SMILES string of the molecule is CCCCCCCCCCOc1ccc(C#Cc2ccc(-c3ccc(C#Cc4ccc(C)cc4)cc3)cc2)cc1. The molecule has 0 spiro atoms. The lowest BCUT2D eigenvalue weighted by Gasteiger charge is -2.06. The van der Waals surface area contributed by atoms with E-state index in [0.717, 1.165) is 41.0 Å². The predicted octanol–water partition coefficient (Wildman–Crippen LogP) is 9.98. The van der Waals surface area contributed by atoms with E-state index >= 15 is 0 Å². The largest absolute Gasteiger partial charge is 0.494 e. The first-order valence-corrected chi connectivity index (χ1v) is 14.7. The molecule has 1 heteroatoms. The first kappa shape index (κ1) is 28.8. The molecule has 40 heavy (non-hydrogen) atoms. The van der Waals surface area contributed by atoms with Crippen LogP contribution in [0.15, 0.2) is 97.1 Å². The highest BCUT2D eigenvalue weighted by molar-refractivity contribution is 5.65. The van der Waals surface area contributed by atoms with E-state index in [9.17, 15) is 0 Å². The van der Waals surface area contributed by atoms with Gasteiger partial charge < -0.3 is 4.74 Å². The van der Waals surface area contributed by atoms with Gasteiger partial charge >= 0.3 is 0 Å². The second kappa shape index (κ2) is 16.0. The van der Waals surface area contributed by atoms with Gasteiger partial charge in [0.1, 0.15) is 5.75 Å². The summed E-state index contributed by atoms with van der Waals surface area (Å²) in [6.45, 7) is 5.14. The van der Waals surface area contributed by atoms with Crippen LogP contribution in [-0.4, -0.2) is 6.61 Å². The summed E-state index contributed by atoms with van der Waals surface area (Å²) in [5, 5.41) is 0. The van der Waals surface area contributed by atoms with Gasteiger partial charge in [0.25, 0.3) is 0 Å². The molecule has 0 aliphatic heterocycles. The van der Waals surface area contributed by atoms with Gasteiger partial charge in [0.15, 0.2) is 0 Å². The van der Waals surface area contributed by atoms with Crippen LogP contribution in [0.25, 0.3) is 11.1 Å². The quantitative estimate of drug-likeness (QED) is 0.140. The van der Waals surface area contributed by atoms with Crippen molar-refractivity contribution in [1.29, 1.82) is 0 Å². The molecule has 4 aromatic carbocycles. The standard InChI is InChI=1S/C39H40O/c1-3-4-5-6-7-8-9-10-31-40-39-29-23-36(24-30-39)18-17-35-21-27-38(28-22-35)37-25-19-34(20-26-37)16-15-33-13-11-32(2)12-14-33/h11-14,19-30H,3-10,31H2,1-2H3. The zero-order chi connectivity index (χ0) is 27.8. The summed E-state index contributed by atoms with van der Waals surface area (Å²) in [6.07, 6.45) is 10.5. The van der Waals surface area contributed by atoms with Crippen LogP contribution >= 0.6 is 0 Å². The van der Waals surface area contributed by atoms with Crippen molar-refractivity contribution in [2.24, 2.45) is 0 Å². The molecule has 0 unspecified atom stereocenters. The number of benzene rings is 4. The Labute approximate surface area is 241 Å². The lowest BCUT2D eigenvalue weighted by atomic mass is 10.0. The molecule has 0 saturated carbocycles. The van der Waals surface area contributed by atoms with Gasteiger partial charge in [-0.3, -0.25) is 0 Å². The Morgan fingerprint density at radius 3 is 1.27 bits per heavy atom. The summed E-state index contributed by atoms with van der Waals surface area (Å²) in [6, 6.07) is 33.2. The Morgan fingerprint density at radius 2 is 0.825 bits per heavy atom. The molecule has 4 rings (SSSR count). The molecule has 4 aromatic rings. The van der Waals surface area contributed by atoms with E-state index in [1.54, 1.807) is 0 Å². The Balaban J connectivity index is 1.23. The van der Waals surface area contributed by atoms with E-state index in [4.69, 9.17) is 4.74 Å². The third-order valence-electron chi connectivity index (χ3n) is 6.98. The number of hydrogen-bond acceptors (Lipinski definition) is 1. The predicted molar refractivity (Wildman–Crippen MR) is 170 cm³/mol.